The third kappa shape index (κ3) is 2.52. The largest absolute Gasteiger partial charge is 0.478 e. The van der Waals surface area contributed by atoms with Crippen molar-refractivity contribution in [2.45, 2.75) is 19.4 Å². The Kier molecular flexibility index (Phi) is 3.22. The van der Waals surface area contributed by atoms with Crippen molar-refractivity contribution in [3.8, 4) is 0 Å². The molecular weight excluding hydrogens is 268 g/mol. The van der Waals surface area contributed by atoms with Crippen molar-refractivity contribution < 1.29 is 19.4 Å². The Labute approximate surface area is 122 Å². The summed E-state index contributed by atoms with van der Waals surface area (Å²) in [4.78, 5) is 22.7. The van der Waals surface area contributed by atoms with E-state index in [0.717, 1.165) is 16.7 Å². The van der Waals surface area contributed by atoms with E-state index < -0.39 is 5.97 Å². The molecule has 4 heteroatoms. The van der Waals surface area contributed by atoms with Crippen LogP contribution in [0.1, 0.15) is 43.5 Å². The Morgan fingerprint density at radius 3 is 2.57 bits per heavy atom. The molecule has 0 fully saturated rings. The molecule has 4 nitrogen and oxygen atoms in total. The first-order chi connectivity index (χ1) is 10.0. The molecule has 1 N–H and O–H groups in total. The maximum Gasteiger partial charge on any atom is 0.339 e. The average molecular weight is 282 g/mol. The van der Waals surface area contributed by atoms with Crippen LogP contribution < -0.4 is 0 Å². The van der Waals surface area contributed by atoms with Gasteiger partial charge in [0.25, 0.3) is 0 Å². The number of carboxylic acid groups (broad SMARTS) is 1. The highest BCUT2D eigenvalue weighted by atomic mass is 16.5. The average Bonchev–Trinajstić information content (AvgIpc) is 2.75. The first kappa shape index (κ1) is 13.4. The maximum atomic E-state index is 11.8. The number of aryl methyl sites for hydroxylation is 1. The molecule has 1 aliphatic heterocycles. The number of hydrogen-bond acceptors (Lipinski definition) is 3. The molecule has 0 aromatic heterocycles. The molecule has 0 aliphatic carbocycles. The molecule has 1 aliphatic rings. The molecule has 0 spiro atoms. The predicted molar refractivity (Wildman–Crippen MR) is 76.4 cm³/mol. The normalized spacial score (nSPS) is 16.4. The number of esters is 1. The number of cyclic esters (lactones) is 1. The van der Waals surface area contributed by atoms with Crippen LogP contribution in [0.3, 0.4) is 0 Å². The van der Waals surface area contributed by atoms with Gasteiger partial charge in [0.1, 0.15) is 6.10 Å². The summed E-state index contributed by atoms with van der Waals surface area (Å²) in [6, 6.07) is 12.3. The van der Waals surface area contributed by atoms with Crippen LogP contribution in [0.15, 0.2) is 42.5 Å². The second kappa shape index (κ2) is 5.05. The molecule has 1 unspecified atom stereocenters. The van der Waals surface area contributed by atoms with E-state index in [1.165, 1.54) is 0 Å². The van der Waals surface area contributed by atoms with Crippen molar-refractivity contribution in [2.75, 3.05) is 0 Å². The van der Waals surface area contributed by atoms with Crippen molar-refractivity contribution in [3.63, 3.8) is 0 Å². The van der Waals surface area contributed by atoms with E-state index in [9.17, 15) is 9.59 Å². The highest BCUT2D eigenvalue weighted by molar-refractivity contribution is 5.94. The third-order valence-electron chi connectivity index (χ3n) is 3.65. The highest BCUT2D eigenvalue weighted by Gasteiger charge is 2.30. The molecule has 1 heterocycles. The minimum atomic E-state index is -0.949. The summed E-state index contributed by atoms with van der Waals surface area (Å²) in [5, 5.41) is 8.89. The van der Waals surface area contributed by atoms with Gasteiger partial charge in [0.2, 0.25) is 0 Å². The predicted octanol–water partition coefficient (Wildman–Crippen LogP) is 3.15. The first-order valence-electron chi connectivity index (χ1n) is 6.68. The minimum absolute atomic E-state index is 0.249. The summed E-state index contributed by atoms with van der Waals surface area (Å²) in [5.41, 5.74) is 3.79. The maximum absolute atomic E-state index is 11.8. The second-order valence-electron chi connectivity index (χ2n) is 5.19. The molecule has 106 valence electrons. The number of ether oxygens (including phenoxy) is 1. The lowest BCUT2D eigenvalue weighted by atomic mass is 9.97. The van der Waals surface area contributed by atoms with Gasteiger partial charge in [-0.3, -0.25) is 0 Å². The number of fused-ring (bicyclic) bond motifs is 1. The smallest absolute Gasteiger partial charge is 0.339 e. The van der Waals surface area contributed by atoms with Gasteiger partial charge >= 0.3 is 11.9 Å². The van der Waals surface area contributed by atoms with E-state index in [1.54, 1.807) is 30.3 Å². The summed E-state index contributed by atoms with van der Waals surface area (Å²) >= 11 is 0. The molecule has 0 radical (unpaired) electrons. The lowest BCUT2D eigenvalue weighted by Crippen LogP contribution is -2.03. The van der Waals surface area contributed by atoms with Crippen molar-refractivity contribution >= 4 is 11.9 Å². The number of benzene rings is 2. The monoisotopic (exact) mass is 282 g/mol. The van der Waals surface area contributed by atoms with Crippen molar-refractivity contribution in [1.29, 1.82) is 0 Å². The molecule has 21 heavy (non-hydrogen) atoms. The van der Waals surface area contributed by atoms with Crippen LogP contribution in [0.25, 0.3) is 0 Å². The highest BCUT2D eigenvalue weighted by Crippen LogP contribution is 2.33. The lowest BCUT2D eigenvalue weighted by Gasteiger charge is -2.11. The summed E-state index contributed by atoms with van der Waals surface area (Å²) in [7, 11) is 0. The van der Waals surface area contributed by atoms with Crippen molar-refractivity contribution in [2.24, 2.45) is 0 Å². The summed E-state index contributed by atoms with van der Waals surface area (Å²) < 4.78 is 5.41. The number of hydrogen-bond donors (Lipinski definition) is 1. The summed E-state index contributed by atoms with van der Waals surface area (Å²) in [6.45, 7) is 1.97. The Morgan fingerprint density at radius 1 is 1.19 bits per heavy atom. The lowest BCUT2D eigenvalue weighted by molar-refractivity contribution is 0.0387. The Balaban J connectivity index is 1.85. The fourth-order valence-corrected chi connectivity index (χ4v) is 2.54. The zero-order valence-corrected chi connectivity index (χ0v) is 11.5. The standard InChI is InChI=1S/C17H14O4/c1-10-2-7-13-14(8-10)15(21-17(13)20)9-11-3-5-12(6-4-11)16(18)19/h2-8,15H,9H2,1H3,(H,18,19). The van der Waals surface area contributed by atoms with E-state index in [4.69, 9.17) is 9.84 Å². The van der Waals surface area contributed by atoms with Crippen molar-refractivity contribution in [1.82, 2.24) is 0 Å². The molecule has 0 saturated heterocycles. The number of carbonyl (C=O) groups excluding carboxylic acids is 1. The minimum Gasteiger partial charge on any atom is -0.478 e. The molecule has 3 rings (SSSR count). The Hall–Kier alpha value is -2.62. The van der Waals surface area contributed by atoms with E-state index >= 15 is 0 Å². The van der Waals surface area contributed by atoms with Gasteiger partial charge < -0.3 is 9.84 Å². The molecule has 1 atom stereocenters. The van der Waals surface area contributed by atoms with E-state index in [2.05, 4.69) is 0 Å². The first-order valence-corrected chi connectivity index (χ1v) is 6.68. The van der Waals surface area contributed by atoms with Gasteiger partial charge in [-0.2, -0.15) is 0 Å². The zero-order chi connectivity index (χ0) is 15.0. The van der Waals surface area contributed by atoms with E-state index in [1.807, 2.05) is 19.1 Å². The Morgan fingerprint density at radius 2 is 1.90 bits per heavy atom. The van der Waals surface area contributed by atoms with Gasteiger partial charge in [-0.05, 0) is 30.7 Å². The van der Waals surface area contributed by atoms with Gasteiger partial charge in [0, 0.05) is 12.0 Å². The van der Waals surface area contributed by atoms with E-state index in [0.29, 0.717) is 12.0 Å². The van der Waals surface area contributed by atoms with E-state index in [-0.39, 0.29) is 17.6 Å². The van der Waals surface area contributed by atoms with Gasteiger partial charge in [-0.15, -0.1) is 0 Å². The molecule has 2 aromatic rings. The number of carboxylic acids is 1. The zero-order valence-electron chi connectivity index (χ0n) is 11.5. The van der Waals surface area contributed by atoms with Crippen LogP contribution >= 0.6 is 0 Å². The van der Waals surface area contributed by atoms with Crippen molar-refractivity contribution in [3.05, 3.63) is 70.3 Å². The van der Waals surface area contributed by atoms with Crippen LogP contribution in [-0.2, 0) is 11.2 Å². The molecule has 0 bridgehead atoms. The number of carbonyl (C=O) groups is 2. The quantitative estimate of drug-likeness (QED) is 0.878. The van der Waals surface area contributed by atoms with Crippen LogP contribution in [0.2, 0.25) is 0 Å². The Bertz CT molecular complexity index is 716. The second-order valence-corrected chi connectivity index (χ2v) is 5.19. The molecule has 0 amide bonds. The molecular formula is C17H14O4. The van der Waals surface area contributed by atoms with Gasteiger partial charge in [0.05, 0.1) is 11.1 Å². The van der Waals surface area contributed by atoms with Crippen LogP contribution in [0.5, 0.6) is 0 Å². The number of aromatic carboxylic acids is 1. The fraction of sp³-hybridized carbons (Fsp3) is 0.176. The van der Waals surface area contributed by atoms with Gasteiger partial charge in [0.15, 0.2) is 0 Å². The van der Waals surface area contributed by atoms with Gasteiger partial charge in [-0.25, -0.2) is 9.59 Å². The van der Waals surface area contributed by atoms with Crippen LogP contribution in [-0.4, -0.2) is 17.0 Å². The topological polar surface area (TPSA) is 63.6 Å². The van der Waals surface area contributed by atoms with Crippen LogP contribution in [0, 0.1) is 6.92 Å². The third-order valence-corrected chi connectivity index (χ3v) is 3.65. The van der Waals surface area contributed by atoms with Gasteiger partial charge in [-0.1, -0.05) is 29.8 Å². The SMILES string of the molecule is Cc1ccc2c(c1)C(Cc1ccc(C(=O)O)cc1)OC2=O. The van der Waals surface area contributed by atoms with Crippen LogP contribution in [0.4, 0.5) is 0 Å². The molecule has 0 saturated carbocycles. The number of rotatable bonds is 3. The summed E-state index contributed by atoms with van der Waals surface area (Å²) in [6.07, 6.45) is 0.241. The fourth-order valence-electron chi connectivity index (χ4n) is 2.54. The summed E-state index contributed by atoms with van der Waals surface area (Å²) in [5.74, 6) is -1.24. The molecule has 2 aromatic carbocycles.